The van der Waals surface area contributed by atoms with Crippen LogP contribution in [0.2, 0.25) is 0 Å². The number of carboxylic acids is 1. The number of likely N-dealkylation sites (N-methyl/N-ethyl adjacent to an activating group) is 1. The van der Waals surface area contributed by atoms with Crippen LogP contribution in [0.15, 0.2) is 36.4 Å². The van der Waals surface area contributed by atoms with Gasteiger partial charge in [0, 0.05) is 43.9 Å². The summed E-state index contributed by atoms with van der Waals surface area (Å²) in [5.74, 6) is -3.80. The third-order valence-electron chi connectivity index (χ3n) is 5.89. The SMILES string of the molecule is CC(=O)N(C)[C@@H]1C(=O)C[C@@H](C)C(=O)NC(C(=O)O)Cc2ccc(O)c(c2)-c2cc1ccc2O. The zero-order chi connectivity index (χ0) is 24.4. The Kier molecular flexibility index (Phi) is 6.71. The highest BCUT2D eigenvalue weighted by Crippen LogP contribution is 2.39. The molecule has 33 heavy (non-hydrogen) atoms. The lowest BCUT2D eigenvalue weighted by Gasteiger charge is -2.28. The maximum Gasteiger partial charge on any atom is 0.326 e. The van der Waals surface area contributed by atoms with E-state index in [0.717, 1.165) is 0 Å². The maximum absolute atomic E-state index is 13.2. The molecule has 0 radical (unpaired) electrons. The number of fused-ring (bicyclic) bond motifs is 5. The molecule has 174 valence electrons. The van der Waals surface area contributed by atoms with Crippen LogP contribution in [-0.4, -0.2) is 56.9 Å². The molecule has 3 rings (SSSR count). The first-order valence-electron chi connectivity index (χ1n) is 10.4. The second-order valence-corrected chi connectivity index (χ2v) is 8.34. The number of phenolic OH excluding ortho intramolecular Hbond substituents is 2. The summed E-state index contributed by atoms with van der Waals surface area (Å²) in [4.78, 5) is 51.0. The van der Waals surface area contributed by atoms with E-state index in [0.29, 0.717) is 11.1 Å². The van der Waals surface area contributed by atoms with E-state index in [2.05, 4.69) is 5.32 Å². The molecule has 9 nitrogen and oxygen atoms in total. The number of phenols is 2. The Morgan fingerprint density at radius 1 is 1.00 bits per heavy atom. The number of hydrogen-bond donors (Lipinski definition) is 4. The summed E-state index contributed by atoms with van der Waals surface area (Å²) in [5.41, 5.74) is 1.37. The minimum Gasteiger partial charge on any atom is -0.507 e. The van der Waals surface area contributed by atoms with Crippen LogP contribution in [0.25, 0.3) is 11.1 Å². The first kappa shape index (κ1) is 23.8. The fraction of sp³-hybridized carbons (Fsp3) is 0.333. The molecule has 4 bridgehead atoms. The molecule has 1 heterocycles. The van der Waals surface area contributed by atoms with Gasteiger partial charge < -0.3 is 25.5 Å². The first-order valence-corrected chi connectivity index (χ1v) is 10.4. The van der Waals surface area contributed by atoms with Crippen molar-refractivity contribution in [1.82, 2.24) is 10.2 Å². The fourth-order valence-corrected chi connectivity index (χ4v) is 3.93. The average Bonchev–Trinajstić information content (AvgIpc) is 2.74. The van der Waals surface area contributed by atoms with Gasteiger partial charge in [0.25, 0.3) is 0 Å². The number of amides is 2. The van der Waals surface area contributed by atoms with E-state index in [4.69, 9.17) is 0 Å². The van der Waals surface area contributed by atoms with Crippen LogP contribution in [0.5, 0.6) is 11.5 Å². The van der Waals surface area contributed by atoms with E-state index in [1.165, 1.54) is 62.2 Å². The molecule has 2 amide bonds. The molecule has 0 aromatic heterocycles. The van der Waals surface area contributed by atoms with E-state index < -0.39 is 35.7 Å². The zero-order valence-corrected chi connectivity index (χ0v) is 18.5. The normalized spacial score (nSPS) is 21.0. The Balaban J connectivity index is 2.24. The summed E-state index contributed by atoms with van der Waals surface area (Å²) in [6.07, 6.45) is -0.293. The number of aliphatic carboxylic acids is 1. The lowest BCUT2D eigenvalue weighted by atomic mass is 9.90. The lowest BCUT2D eigenvalue weighted by Crippen LogP contribution is -2.45. The monoisotopic (exact) mass is 454 g/mol. The van der Waals surface area contributed by atoms with Crippen molar-refractivity contribution in [1.29, 1.82) is 0 Å². The number of aromatic hydroxyl groups is 2. The van der Waals surface area contributed by atoms with Crippen LogP contribution >= 0.6 is 0 Å². The van der Waals surface area contributed by atoms with Gasteiger partial charge in [-0.05, 0) is 35.4 Å². The number of benzene rings is 2. The molecule has 2 aromatic rings. The number of ketones is 1. The van der Waals surface area contributed by atoms with Crippen LogP contribution in [0, 0.1) is 5.92 Å². The Morgan fingerprint density at radius 3 is 2.21 bits per heavy atom. The number of carboxylic acid groups (broad SMARTS) is 1. The van der Waals surface area contributed by atoms with Crippen molar-refractivity contribution in [2.45, 2.75) is 38.8 Å². The molecule has 2 aromatic carbocycles. The number of rotatable bonds is 2. The summed E-state index contributed by atoms with van der Waals surface area (Å²) < 4.78 is 0. The molecule has 0 aliphatic carbocycles. The van der Waals surface area contributed by atoms with Crippen LogP contribution in [0.3, 0.4) is 0 Å². The highest BCUT2D eigenvalue weighted by molar-refractivity contribution is 5.94. The summed E-state index contributed by atoms with van der Waals surface area (Å²) in [7, 11) is 1.46. The Labute approximate surface area is 190 Å². The van der Waals surface area contributed by atoms with Gasteiger partial charge in [0.1, 0.15) is 23.6 Å². The number of nitrogens with one attached hydrogen (secondary N) is 1. The van der Waals surface area contributed by atoms with Crippen molar-refractivity contribution < 1.29 is 34.5 Å². The maximum atomic E-state index is 13.2. The van der Waals surface area contributed by atoms with Gasteiger partial charge in [0.15, 0.2) is 5.78 Å². The number of hydrogen-bond acceptors (Lipinski definition) is 6. The smallest absolute Gasteiger partial charge is 0.326 e. The molecule has 1 aliphatic rings. The summed E-state index contributed by atoms with van der Waals surface area (Å²) >= 11 is 0. The number of Topliss-reactive ketones (excluding diaryl/α,β-unsaturated/α-hetero) is 1. The van der Waals surface area contributed by atoms with Gasteiger partial charge in [0.05, 0.1) is 0 Å². The predicted octanol–water partition coefficient (Wildman–Crippen LogP) is 2.01. The van der Waals surface area contributed by atoms with E-state index >= 15 is 0 Å². The van der Waals surface area contributed by atoms with Gasteiger partial charge in [0.2, 0.25) is 11.8 Å². The van der Waals surface area contributed by atoms with E-state index in [1.54, 1.807) is 0 Å². The second kappa shape index (κ2) is 9.32. The number of carbonyl (C=O) groups excluding carboxylic acids is 3. The van der Waals surface area contributed by atoms with Crippen molar-refractivity contribution in [3.05, 3.63) is 47.5 Å². The summed E-state index contributed by atoms with van der Waals surface area (Å²) in [6, 6.07) is 6.53. The largest absolute Gasteiger partial charge is 0.507 e. The molecule has 3 atom stereocenters. The number of nitrogens with zero attached hydrogens (tertiary/aromatic N) is 1. The molecule has 1 unspecified atom stereocenters. The molecule has 0 fully saturated rings. The molecular formula is C24H26N2O7. The zero-order valence-electron chi connectivity index (χ0n) is 18.5. The molecule has 0 saturated carbocycles. The highest BCUT2D eigenvalue weighted by atomic mass is 16.4. The van der Waals surface area contributed by atoms with Gasteiger partial charge in [-0.25, -0.2) is 4.79 Å². The third-order valence-corrected chi connectivity index (χ3v) is 5.89. The quantitative estimate of drug-likeness (QED) is 0.543. The molecule has 1 aliphatic heterocycles. The van der Waals surface area contributed by atoms with Crippen LogP contribution in [0.1, 0.15) is 37.4 Å². The van der Waals surface area contributed by atoms with Gasteiger partial charge in [-0.1, -0.05) is 19.1 Å². The third kappa shape index (κ3) is 4.97. The van der Waals surface area contributed by atoms with Crippen LogP contribution < -0.4 is 5.32 Å². The van der Waals surface area contributed by atoms with Gasteiger partial charge >= 0.3 is 5.97 Å². The van der Waals surface area contributed by atoms with Crippen molar-refractivity contribution in [2.24, 2.45) is 5.92 Å². The van der Waals surface area contributed by atoms with Crippen LogP contribution in [0.4, 0.5) is 0 Å². The van der Waals surface area contributed by atoms with E-state index in [1.807, 2.05) is 0 Å². The second-order valence-electron chi connectivity index (χ2n) is 8.34. The van der Waals surface area contributed by atoms with Crippen molar-refractivity contribution in [2.75, 3.05) is 7.05 Å². The number of carbonyl (C=O) groups is 4. The fourth-order valence-electron chi connectivity index (χ4n) is 3.93. The predicted molar refractivity (Wildman–Crippen MR) is 118 cm³/mol. The van der Waals surface area contributed by atoms with Crippen molar-refractivity contribution in [3.8, 4) is 22.6 Å². The summed E-state index contributed by atoms with van der Waals surface area (Å²) in [5, 5.41) is 33.0. The van der Waals surface area contributed by atoms with Gasteiger partial charge in [-0.2, -0.15) is 0 Å². The van der Waals surface area contributed by atoms with Crippen molar-refractivity contribution in [3.63, 3.8) is 0 Å². The molecule has 4 N–H and O–H groups in total. The molecule has 0 spiro atoms. The lowest BCUT2D eigenvalue weighted by molar-refractivity contribution is -0.143. The van der Waals surface area contributed by atoms with Crippen LogP contribution in [-0.2, 0) is 25.6 Å². The van der Waals surface area contributed by atoms with E-state index in [9.17, 15) is 34.5 Å². The van der Waals surface area contributed by atoms with Gasteiger partial charge in [-0.3, -0.25) is 14.4 Å². The minimum absolute atomic E-state index is 0.0643. The Hall–Kier alpha value is -3.88. The van der Waals surface area contributed by atoms with Gasteiger partial charge in [-0.15, -0.1) is 0 Å². The average molecular weight is 454 g/mol. The summed E-state index contributed by atoms with van der Waals surface area (Å²) in [6.45, 7) is 2.83. The molecular weight excluding hydrogens is 428 g/mol. The topological polar surface area (TPSA) is 144 Å². The molecule has 0 saturated heterocycles. The van der Waals surface area contributed by atoms with E-state index in [-0.39, 0.29) is 41.4 Å². The van der Waals surface area contributed by atoms with Crippen molar-refractivity contribution >= 4 is 23.6 Å². The first-order chi connectivity index (χ1) is 15.5. The Morgan fingerprint density at radius 2 is 1.61 bits per heavy atom. The highest BCUT2D eigenvalue weighted by Gasteiger charge is 2.32. The Bertz CT molecular complexity index is 1130. The minimum atomic E-state index is -1.26. The molecule has 9 heteroatoms. The standard InChI is InChI=1S/C24H26N2O7/c1-12-8-21(30)22(26(3)13(2)27)15-5-7-20(29)17(11-15)16-9-14(4-6-19(16)28)10-18(24(32)33)25-23(12)31/h4-7,9,11-12,18,22,28-29H,8,10H2,1-3H3,(H,25,31)(H,32,33)/t12-,18?,22+/m1/s1.